The van der Waals surface area contributed by atoms with Crippen LogP contribution in [0.25, 0.3) is 44.1 Å². The SMILES string of the molecule is CCN(CC)C(=O)c1ccc(B2OC(C)(C)C(C)(C)O2)cc1.CCOC(=O)CC(=O)Cc1cccnc1C(=O)OC.CCOC(=O)CC(=O)Cl.COC(=O)c1ncccc1N.Clc1cc(Cl)c2ncccc2n1.Clc1cc(NCCCN2CCCCC2)c2ncccc2n1.NCCCN1CCCCC1.O=C(O)c1c(O)c2ncccc2[nH]c1=O.O=CO[O-].O=P(Cl)(Cl)Cl.O=c1cc(O)c2ncccc2[nH]1.[H-].[K+].[K+]. The molecule has 13 heterocycles. The van der Waals surface area contributed by atoms with Gasteiger partial charge in [-0.15, -0.1) is 0 Å². The Morgan fingerprint density at radius 3 is 1.57 bits per heavy atom. The number of aromatic carboxylic acids is 1. The second-order valence-corrected chi connectivity index (χ2v) is 38.7. The number of ketones is 1. The Morgan fingerprint density at radius 2 is 1.08 bits per heavy atom. The number of halogens is 7. The van der Waals surface area contributed by atoms with Gasteiger partial charge in [0.1, 0.15) is 56.7 Å². The van der Waals surface area contributed by atoms with Crippen LogP contribution in [0.2, 0.25) is 15.3 Å². The number of aromatic amines is 2. The number of nitrogens with zero attached hydrogens (tertiary/aromatic N) is 11. The Labute approximate surface area is 941 Å². The number of pyridine rings is 10. The number of rotatable bonds is 24. The van der Waals surface area contributed by atoms with E-state index < -0.39 is 57.2 Å². The van der Waals surface area contributed by atoms with Crippen molar-refractivity contribution in [2.45, 2.75) is 137 Å². The van der Waals surface area contributed by atoms with Crippen LogP contribution in [0, 0.1) is 0 Å². The number of piperidine rings is 2. The molecule has 0 saturated carbocycles. The number of carboxylic acid groups (broad SMARTS) is 1. The van der Waals surface area contributed by atoms with Crippen LogP contribution in [0.5, 0.6) is 11.5 Å². The first-order chi connectivity index (χ1) is 66.5. The Hall–Kier alpha value is -8.45. The standard InChI is InChI=1S/C17H26BNO3.C16H21ClN4.C13H15NO5.C9H6N2O4.C8H4Cl2N2.C8H6N2O2.C8H18N2.C7H8N2O2.C5H7ClO3.CH2O3.Cl3OP.2K.H/c1-7-19(8-2)15(20)13-9-11-14(12-10-13)18-21-16(3,4)17(5,6)22-18;17-15-12-14(16-13(20-15)6-4-7-19-16)18-8-5-11-21-9-2-1-3-10-21;1-3-19-11(16)8-10(15)7-9-5-4-6-14-12(9)13(17)18-2;12-7-5(9(14)15)8(13)11-4-2-1-3-10-6(4)7;9-5-4-7(10)12-6-2-1-3-11-8(5)6;11-6-4-7(12)10-5-2-1-3-9-8(5)6;9-5-4-8-10-6-2-1-3-7-10;1-11-7(10)6-5(8)3-2-4-9-6;1-2-9-5(8)3-4(6)7;2-1-4-3;1-5(2,3)4;;;/h9-12H,7-8H2,1-6H3;4,6-7,12H,1-3,5,8-11H2,(H,18,20);4-6H,3,7-8H2,1-2H3;1-3H,(H,14,15)(H2,11,12,13);1-4H;1-4H,(H2,10,11,12);1-9H2;2-4H,8H2,1H3;2-3H2,1H3;1,3H;;;;/q;;;;;;;;;;;2*+1;-1/p-1. The molecular formula is C92H113BCl7K2N16O23P. The minimum Gasteiger partial charge on any atom is -1.00 e. The molecule has 0 spiro atoms. The van der Waals surface area contributed by atoms with E-state index in [0.29, 0.717) is 67.3 Å². The van der Waals surface area contributed by atoms with Gasteiger partial charge in [-0.1, -0.05) is 65.8 Å². The van der Waals surface area contributed by atoms with Crippen LogP contribution in [-0.2, 0) is 68.1 Å². The molecule has 3 saturated heterocycles. The fraction of sp³-hybridized carbons (Fsp3) is 0.380. The number of aromatic hydroxyl groups is 2. The third-order valence-corrected chi connectivity index (χ3v) is 20.8. The van der Waals surface area contributed by atoms with E-state index in [0.717, 1.165) is 59.8 Å². The van der Waals surface area contributed by atoms with E-state index >= 15 is 0 Å². The van der Waals surface area contributed by atoms with E-state index in [2.05, 4.69) is 123 Å². The number of carbonyl (C=O) groups is 9. The van der Waals surface area contributed by atoms with E-state index in [1.54, 1.807) is 87.0 Å². The molecule has 14 rings (SSSR count). The van der Waals surface area contributed by atoms with Crippen molar-refractivity contribution < 1.29 is 206 Å². The van der Waals surface area contributed by atoms with E-state index in [-0.39, 0.29) is 201 Å². The summed E-state index contributed by atoms with van der Waals surface area (Å²) in [6, 6.07) is 32.4. The van der Waals surface area contributed by atoms with Crippen molar-refractivity contribution >= 4 is 207 Å². The zero-order valence-electron chi connectivity index (χ0n) is 81.5. The van der Waals surface area contributed by atoms with E-state index in [1.165, 1.54) is 117 Å². The number of fused-ring (bicyclic) bond motifs is 4. The predicted molar refractivity (Wildman–Crippen MR) is 537 cm³/mol. The van der Waals surface area contributed by atoms with Gasteiger partial charge in [-0.25, -0.2) is 34.3 Å². The molecule has 1 aromatic carbocycles. The summed E-state index contributed by atoms with van der Waals surface area (Å²) in [6.07, 6.45) is 19.2. The molecule has 39 nitrogen and oxygen atoms in total. The number of nitrogens with two attached hydrogens (primary N) is 2. The molecular weight excluding hydrogens is 2070 g/mol. The van der Waals surface area contributed by atoms with Crippen molar-refractivity contribution in [2.24, 2.45) is 5.73 Å². The summed E-state index contributed by atoms with van der Waals surface area (Å²) in [5.41, 5.74) is 16.4. The number of Topliss-reactive ketones (excluding diaryl/α,β-unsaturated/α-hetero) is 1. The summed E-state index contributed by atoms with van der Waals surface area (Å²) in [5.74, 6) is -4.73. The second-order valence-electron chi connectivity index (χ2n) is 30.4. The van der Waals surface area contributed by atoms with E-state index in [4.69, 9.17) is 82.3 Å². The van der Waals surface area contributed by atoms with Gasteiger partial charge in [0, 0.05) is 80.9 Å². The molecule has 1 amide bonds. The molecule has 0 aliphatic carbocycles. The molecule has 758 valence electrons. The van der Waals surface area contributed by atoms with Crippen molar-refractivity contribution in [3.8, 4) is 11.5 Å². The number of nitrogens with one attached hydrogen (secondary N) is 3. The number of hydrogen-bond acceptors (Lipinski definition) is 35. The van der Waals surface area contributed by atoms with Crippen LogP contribution in [-0.4, -0.2) is 244 Å². The Kier molecular flexibility index (Phi) is 63.5. The van der Waals surface area contributed by atoms with Crippen molar-refractivity contribution in [1.29, 1.82) is 0 Å². The fourth-order valence-corrected chi connectivity index (χ4v) is 13.5. The largest absolute Gasteiger partial charge is 1.00 e. The Morgan fingerprint density at radius 1 is 0.627 bits per heavy atom. The number of carbonyl (C=O) groups excluding carboxylic acids is 8. The molecule has 0 unspecified atom stereocenters. The number of nitrogen functional groups attached to an aromatic ring is 1. The number of anilines is 2. The van der Waals surface area contributed by atoms with E-state index in [1.807, 2.05) is 95.0 Å². The molecule has 3 fully saturated rings. The summed E-state index contributed by atoms with van der Waals surface area (Å²) in [4.78, 5) is 166. The molecule has 0 atom stereocenters. The number of carboxylic acids is 1. The number of aromatic nitrogens is 10. The van der Waals surface area contributed by atoms with Gasteiger partial charge in [0.15, 0.2) is 22.7 Å². The zero-order chi connectivity index (χ0) is 104. The van der Waals surface area contributed by atoms with Crippen LogP contribution in [0.4, 0.5) is 11.4 Å². The molecule has 10 N–H and O–H groups in total. The number of esters is 4. The maximum atomic E-state index is 12.3. The quantitative estimate of drug-likeness (QED) is 0.00241. The third-order valence-electron chi connectivity index (χ3n) is 20.0. The number of benzene rings is 1. The average Bonchev–Trinajstić information content (AvgIpc) is 1.62. The van der Waals surface area contributed by atoms with Crippen LogP contribution >= 0.6 is 85.3 Å². The van der Waals surface area contributed by atoms with Gasteiger partial charge in [0.2, 0.25) is 5.24 Å². The third kappa shape index (κ3) is 47.8. The number of ether oxygens (including phenoxy) is 4. The smallest absolute Gasteiger partial charge is 1.00 e. The zero-order valence-corrected chi connectivity index (χ0v) is 93.0. The van der Waals surface area contributed by atoms with Gasteiger partial charge in [-0.3, -0.25) is 62.9 Å². The van der Waals surface area contributed by atoms with Gasteiger partial charge >= 0.3 is 145 Å². The molecule has 142 heavy (non-hydrogen) atoms. The first-order valence-electron chi connectivity index (χ1n) is 43.5. The Bertz CT molecular complexity index is 6010. The van der Waals surface area contributed by atoms with Crippen LogP contribution < -0.4 is 141 Å². The fourth-order valence-electron chi connectivity index (χ4n) is 12.7. The number of amides is 1. The average molecular weight is 2180 g/mol. The Balaban J connectivity index is 0.000000804. The summed E-state index contributed by atoms with van der Waals surface area (Å²) in [6.45, 7) is 26.5. The minimum absolute atomic E-state index is 0. The normalized spacial score (nSPS) is 12.9. The van der Waals surface area contributed by atoms with Crippen LogP contribution in [0.3, 0.4) is 0 Å². The topological polar surface area (TPSA) is 562 Å². The molecule has 50 heteroatoms. The molecule has 10 aromatic heterocycles. The van der Waals surface area contributed by atoms with Gasteiger partial charge in [0.05, 0.1) is 77.1 Å². The number of methoxy groups -OCH3 is 2. The predicted octanol–water partition coefficient (Wildman–Crippen LogP) is 8.21. The van der Waals surface area contributed by atoms with Gasteiger partial charge < -0.3 is 96.6 Å². The summed E-state index contributed by atoms with van der Waals surface area (Å²) >= 11 is 36.4. The summed E-state index contributed by atoms with van der Waals surface area (Å²) in [7, 11) is 2.14. The van der Waals surface area contributed by atoms with Crippen molar-refractivity contribution in [1.82, 2.24) is 64.5 Å². The van der Waals surface area contributed by atoms with Crippen LogP contribution in [0.15, 0.2) is 162 Å². The molecule has 0 radical (unpaired) electrons. The van der Waals surface area contributed by atoms with Crippen molar-refractivity contribution in [3.05, 3.63) is 217 Å². The van der Waals surface area contributed by atoms with Gasteiger partial charge in [-0.2, -0.15) is 0 Å². The van der Waals surface area contributed by atoms with Crippen LogP contribution in [0.1, 0.15) is 168 Å². The summed E-state index contributed by atoms with van der Waals surface area (Å²) in [5, 5.41) is 36.9. The maximum Gasteiger partial charge on any atom is 1.00 e. The summed E-state index contributed by atoms with van der Waals surface area (Å²) < 4.78 is 39.7. The molecule has 3 aliphatic heterocycles. The van der Waals surface area contributed by atoms with Gasteiger partial charge in [-0.05, 0) is 281 Å². The molecule has 3 aliphatic rings. The number of H-pyrrole nitrogens is 2. The maximum absolute atomic E-state index is 12.3. The van der Waals surface area contributed by atoms with E-state index in [9.17, 15) is 62.7 Å². The first kappa shape index (κ1) is 130. The number of hydrogen-bond donors (Lipinski definition) is 8. The number of likely N-dealkylation sites (tertiary alicyclic amines) is 2. The molecule has 11 aromatic rings. The monoisotopic (exact) mass is 2170 g/mol. The van der Waals surface area contributed by atoms with Crippen molar-refractivity contribution in [2.75, 3.05) is 104 Å². The minimum atomic E-state index is -3.22. The van der Waals surface area contributed by atoms with Gasteiger partial charge in [0.25, 0.3) is 23.5 Å². The first-order valence-corrected chi connectivity index (χ1v) is 49.4. The molecule has 0 bridgehead atoms. The van der Waals surface area contributed by atoms with Crippen molar-refractivity contribution in [3.63, 3.8) is 0 Å². The second kappa shape index (κ2) is 69.6.